The Labute approximate surface area is 128 Å². The first-order valence-corrected chi connectivity index (χ1v) is 6.89. The van der Waals surface area contributed by atoms with E-state index < -0.39 is 0 Å². The topological polar surface area (TPSA) is 54.3 Å². The highest BCUT2D eigenvalue weighted by molar-refractivity contribution is 5.93. The zero-order valence-corrected chi connectivity index (χ0v) is 12.5. The van der Waals surface area contributed by atoms with E-state index in [9.17, 15) is 14.0 Å². The van der Waals surface area contributed by atoms with Crippen molar-refractivity contribution in [3.05, 3.63) is 64.3 Å². The van der Waals surface area contributed by atoms with Crippen LogP contribution >= 0.6 is 0 Å². The Morgan fingerprint density at radius 3 is 2.50 bits per heavy atom. The van der Waals surface area contributed by atoms with Gasteiger partial charge in [-0.25, -0.2) is 4.39 Å². The van der Waals surface area contributed by atoms with Crippen molar-refractivity contribution in [3.63, 3.8) is 0 Å². The molecule has 1 heterocycles. The van der Waals surface area contributed by atoms with Crippen molar-refractivity contribution in [2.24, 2.45) is 0 Å². The molecule has 0 aliphatic carbocycles. The number of benzene rings is 1. The number of nitrogens with zero attached hydrogens (tertiary/aromatic N) is 2. The summed E-state index contributed by atoms with van der Waals surface area (Å²) in [5, 5.41) is 2.78. The van der Waals surface area contributed by atoms with Crippen molar-refractivity contribution in [1.82, 2.24) is 14.8 Å². The van der Waals surface area contributed by atoms with E-state index in [4.69, 9.17) is 0 Å². The molecule has 1 aromatic carbocycles. The van der Waals surface area contributed by atoms with E-state index in [0.717, 1.165) is 6.54 Å². The summed E-state index contributed by atoms with van der Waals surface area (Å²) in [6, 6.07) is 8.32. The lowest BCUT2D eigenvalue weighted by molar-refractivity contribution is 0.0950. The maximum absolute atomic E-state index is 13.0. The lowest BCUT2D eigenvalue weighted by Crippen LogP contribution is -2.32. The van der Waals surface area contributed by atoms with E-state index in [1.165, 1.54) is 47.2 Å². The molecule has 0 spiro atoms. The van der Waals surface area contributed by atoms with Gasteiger partial charge in [-0.1, -0.05) is 0 Å². The minimum absolute atomic E-state index is 0.252. The molecule has 0 aliphatic heterocycles. The number of carbonyl (C=O) groups is 1. The highest BCUT2D eigenvalue weighted by Gasteiger charge is 2.08. The Kier molecular flexibility index (Phi) is 5.06. The summed E-state index contributed by atoms with van der Waals surface area (Å²) in [6.45, 7) is 1.24. The smallest absolute Gasteiger partial charge is 0.255 e. The van der Waals surface area contributed by atoms with Crippen LogP contribution in [0.1, 0.15) is 10.4 Å². The molecule has 5 nitrogen and oxygen atoms in total. The fourth-order valence-electron chi connectivity index (χ4n) is 1.92. The number of rotatable bonds is 5. The Bertz CT molecular complexity index is 708. The molecule has 0 atom stereocenters. The van der Waals surface area contributed by atoms with Gasteiger partial charge in [0.05, 0.1) is 5.56 Å². The first-order valence-electron chi connectivity index (χ1n) is 6.89. The number of pyridine rings is 1. The third-order valence-electron chi connectivity index (χ3n) is 3.12. The summed E-state index contributed by atoms with van der Waals surface area (Å²) in [5.74, 6) is -0.632. The van der Waals surface area contributed by atoms with Gasteiger partial charge in [-0.15, -0.1) is 0 Å². The number of halogens is 1. The third-order valence-corrected chi connectivity index (χ3v) is 3.12. The predicted molar refractivity (Wildman–Crippen MR) is 82.9 cm³/mol. The van der Waals surface area contributed by atoms with E-state index in [1.54, 1.807) is 0 Å². The third kappa shape index (κ3) is 4.02. The average molecular weight is 303 g/mol. The van der Waals surface area contributed by atoms with Gasteiger partial charge in [0.1, 0.15) is 5.82 Å². The van der Waals surface area contributed by atoms with E-state index in [-0.39, 0.29) is 17.3 Å². The number of likely N-dealkylation sites (N-methyl/N-ethyl adjacent to an activating group) is 1. The van der Waals surface area contributed by atoms with E-state index in [2.05, 4.69) is 5.32 Å². The number of aromatic nitrogens is 1. The Balaban J connectivity index is 2.21. The molecule has 1 amide bonds. The van der Waals surface area contributed by atoms with Crippen LogP contribution in [0.25, 0.3) is 5.69 Å². The van der Waals surface area contributed by atoms with E-state index in [0.29, 0.717) is 17.8 Å². The molecule has 116 valence electrons. The number of carbonyl (C=O) groups excluding carboxylic acids is 1. The molecule has 0 unspecified atom stereocenters. The fourth-order valence-corrected chi connectivity index (χ4v) is 1.92. The van der Waals surface area contributed by atoms with Gasteiger partial charge in [0.15, 0.2) is 0 Å². The Hall–Kier alpha value is -2.47. The van der Waals surface area contributed by atoms with Crippen molar-refractivity contribution in [3.8, 4) is 5.69 Å². The summed E-state index contributed by atoms with van der Waals surface area (Å²) in [6.07, 6.45) is 1.46. The largest absolute Gasteiger partial charge is 0.351 e. The van der Waals surface area contributed by atoms with Crippen molar-refractivity contribution in [2.75, 3.05) is 27.2 Å². The minimum Gasteiger partial charge on any atom is -0.351 e. The summed E-state index contributed by atoms with van der Waals surface area (Å²) < 4.78 is 14.3. The molecule has 0 saturated carbocycles. The molecular formula is C16H18FN3O2. The second kappa shape index (κ2) is 7.00. The average Bonchev–Trinajstić information content (AvgIpc) is 2.48. The molecule has 22 heavy (non-hydrogen) atoms. The van der Waals surface area contributed by atoms with Crippen molar-refractivity contribution >= 4 is 5.91 Å². The predicted octanol–water partition coefficient (Wildman–Crippen LogP) is 1.27. The van der Waals surface area contributed by atoms with Crippen LogP contribution in [0.3, 0.4) is 0 Å². The fraction of sp³-hybridized carbons (Fsp3) is 0.250. The molecule has 2 rings (SSSR count). The molecular weight excluding hydrogens is 285 g/mol. The molecule has 0 saturated heterocycles. The van der Waals surface area contributed by atoms with Crippen LogP contribution in [0.15, 0.2) is 47.4 Å². The van der Waals surface area contributed by atoms with Crippen LogP contribution in [0, 0.1) is 5.82 Å². The zero-order valence-electron chi connectivity index (χ0n) is 12.5. The van der Waals surface area contributed by atoms with Crippen LogP contribution in [-0.2, 0) is 0 Å². The molecule has 1 N–H and O–H groups in total. The summed E-state index contributed by atoms with van der Waals surface area (Å²) in [4.78, 5) is 25.9. The van der Waals surface area contributed by atoms with Gasteiger partial charge in [-0.2, -0.15) is 0 Å². The Morgan fingerprint density at radius 2 is 1.86 bits per heavy atom. The molecule has 0 aliphatic rings. The highest BCUT2D eigenvalue weighted by atomic mass is 19.1. The second-order valence-electron chi connectivity index (χ2n) is 5.16. The van der Waals surface area contributed by atoms with E-state index in [1.807, 2.05) is 19.0 Å². The monoisotopic (exact) mass is 303 g/mol. The summed E-state index contributed by atoms with van der Waals surface area (Å²) in [7, 11) is 3.84. The zero-order chi connectivity index (χ0) is 16.1. The van der Waals surface area contributed by atoms with Gasteiger partial charge in [0.25, 0.3) is 11.5 Å². The molecule has 6 heteroatoms. The number of hydrogen-bond donors (Lipinski definition) is 1. The molecule has 1 aromatic heterocycles. The molecule has 2 aromatic rings. The number of nitrogens with one attached hydrogen (secondary N) is 1. The SMILES string of the molecule is CN(C)CCNC(=O)c1ccc(=O)n(-c2ccc(F)cc2)c1. The lowest BCUT2D eigenvalue weighted by atomic mass is 10.2. The quantitative estimate of drug-likeness (QED) is 0.905. The summed E-state index contributed by atoms with van der Waals surface area (Å²) in [5.41, 5.74) is 0.605. The summed E-state index contributed by atoms with van der Waals surface area (Å²) >= 11 is 0. The standard InChI is InChI=1S/C16H18FN3O2/c1-19(2)10-9-18-16(22)12-3-8-15(21)20(11-12)14-6-4-13(17)5-7-14/h3-8,11H,9-10H2,1-2H3,(H,18,22). The van der Waals surface area contributed by atoms with Gasteiger partial charge in [0, 0.05) is 31.0 Å². The number of amides is 1. The Morgan fingerprint density at radius 1 is 1.18 bits per heavy atom. The normalized spacial score (nSPS) is 10.7. The maximum atomic E-state index is 13.0. The lowest BCUT2D eigenvalue weighted by Gasteiger charge is -2.11. The van der Waals surface area contributed by atoms with Gasteiger partial charge < -0.3 is 10.2 Å². The molecule has 0 bridgehead atoms. The first-order chi connectivity index (χ1) is 10.5. The number of hydrogen-bond acceptors (Lipinski definition) is 3. The van der Waals surface area contributed by atoms with Crippen LogP contribution in [0.4, 0.5) is 4.39 Å². The van der Waals surface area contributed by atoms with Gasteiger partial charge in [-0.3, -0.25) is 14.2 Å². The van der Waals surface area contributed by atoms with Crippen molar-refractivity contribution in [1.29, 1.82) is 0 Å². The van der Waals surface area contributed by atoms with Gasteiger partial charge in [-0.05, 0) is 44.4 Å². The van der Waals surface area contributed by atoms with Crippen molar-refractivity contribution in [2.45, 2.75) is 0 Å². The first kappa shape index (κ1) is 15.9. The van der Waals surface area contributed by atoms with E-state index >= 15 is 0 Å². The maximum Gasteiger partial charge on any atom is 0.255 e. The van der Waals surface area contributed by atoms with Gasteiger partial charge >= 0.3 is 0 Å². The van der Waals surface area contributed by atoms with Gasteiger partial charge in [0.2, 0.25) is 0 Å². The van der Waals surface area contributed by atoms with Crippen LogP contribution in [-0.4, -0.2) is 42.6 Å². The second-order valence-corrected chi connectivity index (χ2v) is 5.16. The van der Waals surface area contributed by atoms with Crippen molar-refractivity contribution < 1.29 is 9.18 Å². The highest BCUT2D eigenvalue weighted by Crippen LogP contribution is 2.08. The minimum atomic E-state index is -0.380. The molecule has 0 radical (unpaired) electrons. The molecule has 0 fully saturated rings. The van der Waals surface area contributed by atoms with Crippen LogP contribution in [0.5, 0.6) is 0 Å². The van der Waals surface area contributed by atoms with Crippen LogP contribution in [0.2, 0.25) is 0 Å². The van der Waals surface area contributed by atoms with Crippen LogP contribution < -0.4 is 10.9 Å².